The standard InChI is InChI=1S/C45H38Cl4N6O11/c1-55(43(61)34(51)19-11-27(46)39(57)28(47)12-19)32(44(62)63)9-18-5-7-23(8-6-18)66-33-16-20-10-26(38(33)56)25-4-2-3-24-22(17-52-37(24)25)15-31(50)41(59)53-35(42(60)54-36(20)45(64)65)21-13-29(48)40(58)30(49)14-21/h2-8,10-14,16-17,31-32,34-36,52,56-58H,9,15,50-51H2,1H3,(H,53,59)(H,54,60)(H,62,63)(H,64,65)/t31-,32+,34-,35-,36-/m1/s1. The van der Waals surface area contributed by atoms with Crippen molar-refractivity contribution in [2.24, 2.45) is 11.5 Å². The maximum absolute atomic E-state index is 14.1. The zero-order valence-electron chi connectivity index (χ0n) is 34.2. The number of aromatic nitrogens is 1. The highest BCUT2D eigenvalue weighted by molar-refractivity contribution is 6.37. The third-order valence-electron chi connectivity index (χ3n) is 11.1. The molecule has 1 aliphatic rings. The summed E-state index contributed by atoms with van der Waals surface area (Å²) in [5.74, 6) is -6.93. The van der Waals surface area contributed by atoms with Crippen molar-refractivity contribution in [3.05, 3.63) is 133 Å². The number of aliphatic carboxylic acids is 2. The molecule has 0 fully saturated rings. The first-order chi connectivity index (χ1) is 31.2. The molecule has 21 heteroatoms. The number of phenols is 3. The van der Waals surface area contributed by atoms with E-state index < -0.39 is 77.1 Å². The van der Waals surface area contributed by atoms with Gasteiger partial charge in [0, 0.05) is 36.2 Å². The fourth-order valence-electron chi connectivity index (χ4n) is 7.54. The number of fused-ring (bicyclic) bond motifs is 3. The van der Waals surface area contributed by atoms with Gasteiger partial charge in [0.15, 0.2) is 29.0 Å². The minimum atomic E-state index is -1.84. The molecule has 3 amide bonds. The lowest BCUT2D eigenvalue weighted by molar-refractivity contribution is -0.149. The number of aromatic hydroxyl groups is 3. The Bertz CT molecular complexity index is 2900. The Morgan fingerprint density at radius 1 is 0.803 bits per heavy atom. The molecule has 0 spiro atoms. The van der Waals surface area contributed by atoms with E-state index in [0.29, 0.717) is 27.6 Å². The van der Waals surface area contributed by atoms with Crippen molar-refractivity contribution in [2.45, 2.75) is 43.1 Å². The molecular weight excluding hydrogens is 942 g/mol. The van der Waals surface area contributed by atoms with Gasteiger partial charge < -0.3 is 62.3 Å². The van der Waals surface area contributed by atoms with E-state index in [0.717, 1.165) is 4.90 Å². The summed E-state index contributed by atoms with van der Waals surface area (Å²) in [6.45, 7) is 0. The highest BCUT2D eigenvalue weighted by Crippen LogP contribution is 2.45. The van der Waals surface area contributed by atoms with E-state index in [4.69, 9.17) is 62.6 Å². The monoisotopic (exact) mass is 978 g/mol. The number of ether oxygens (including phenoxy) is 1. The van der Waals surface area contributed by atoms with Gasteiger partial charge in [-0.1, -0.05) is 76.7 Å². The topological polar surface area (TPSA) is 291 Å². The Labute approximate surface area is 394 Å². The van der Waals surface area contributed by atoms with Gasteiger partial charge in [0.2, 0.25) is 17.7 Å². The van der Waals surface area contributed by atoms with Crippen LogP contribution >= 0.6 is 46.4 Å². The SMILES string of the molecule is CN(C(=O)[C@H](N)c1cc(Cl)c(O)c(Cl)c1)[C@@H](Cc1ccc(Oc2cc3cc(c2O)-c2cccc4c(c[nH]c24)C[C@@H](N)C(=O)N[C@H](c2cc(Cl)c(O)c(Cl)c2)C(=O)N[C@H]3C(=O)O)cc1)C(=O)O. The highest BCUT2D eigenvalue weighted by Gasteiger charge is 2.34. The lowest BCUT2D eigenvalue weighted by atomic mass is 9.95. The van der Waals surface area contributed by atoms with Crippen LogP contribution in [0.5, 0.6) is 28.7 Å². The van der Waals surface area contributed by atoms with Crippen LogP contribution in [0.25, 0.3) is 22.0 Å². The normalized spacial score (nSPS) is 17.2. The van der Waals surface area contributed by atoms with Gasteiger partial charge in [-0.2, -0.15) is 0 Å². The number of carboxylic acid groups (broad SMARTS) is 2. The van der Waals surface area contributed by atoms with Crippen molar-refractivity contribution < 1.29 is 54.2 Å². The first-order valence-electron chi connectivity index (χ1n) is 19.7. The maximum Gasteiger partial charge on any atom is 0.330 e. The molecule has 6 bridgehead atoms. The molecule has 1 aromatic heterocycles. The number of nitrogens with two attached hydrogens (primary N) is 2. The van der Waals surface area contributed by atoms with Gasteiger partial charge in [-0.15, -0.1) is 0 Å². The molecule has 5 atom stereocenters. The largest absolute Gasteiger partial charge is 0.505 e. The predicted molar refractivity (Wildman–Crippen MR) is 244 cm³/mol. The average Bonchev–Trinajstić information content (AvgIpc) is 3.69. The molecule has 1 aliphatic heterocycles. The van der Waals surface area contributed by atoms with Crippen molar-refractivity contribution in [2.75, 3.05) is 7.05 Å². The number of H-pyrrole nitrogens is 1. The molecule has 12 N–H and O–H groups in total. The van der Waals surface area contributed by atoms with Crippen LogP contribution in [0.4, 0.5) is 0 Å². The number of nitrogens with one attached hydrogen (secondary N) is 3. The molecule has 0 saturated heterocycles. The van der Waals surface area contributed by atoms with Crippen molar-refractivity contribution in [3.8, 4) is 39.9 Å². The number of likely N-dealkylation sites (N-methyl/N-ethyl adjacent to an activating group) is 1. The molecule has 2 heterocycles. The second-order valence-electron chi connectivity index (χ2n) is 15.4. The van der Waals surface area contributed by atoms with Crippen LogP contribution in [-0.4, -0.2) is 84.2 Å². The average molecular weight is 981 g/mol. The Kier molecular flexibility index (Phi) is 13.6. The van der Waals surface area contributed by atoms with E-state index in [9.17, 15) is 49.5 Å². The van der Waals surface area contributed by atoms with Crippen molar-refractivity contribution in [1.29, 1.82) is 0 Å². The van der Waals surface area contributed by atoms with Gasteiger partial charge in [-0.25, -0.2) is 9.59 Å². The first kappa shape index (κ1) is 47.2. The number of aromatic amines is 1. The second kappa shape index (κ2) is 19.0. The van der Waals surface area contributed by atoms with E-state index in [1.54, 1.807) is 24.4 Å². The fraction of sp³-hybridized carbons (Fsp3) is 0.178. The van der Waals surface area contributed by atoms with E-state index in [2.05, 4.69) is 15.6 Å². The number of carbonyl (C=O) groups is 5. The van der Waals surface area contributed by atoms with Crippen LogP contribution in [0.3, 0.4) is 0 Å². The summed E-state index contributed by atoms with van der Waals surface area (Å²) in [6, 6.07) is 11.0. The molecular formula is C45H38Cl4N6O11. The van der Waals surface area contributed by atoms with Gasteiger partial charge in [0.25, 0.3) is 0 Å². The van der Waals surface area contributed by atoms with Crippen LogP contribution in [0.1, 0.15) is 45.9 Å². The number of hydrogen-bond acceptors (Lipinski definition) is 11. The van der Waals surface area contributed by atoms with Gasteiger partial charge in [-0.3, -0.25) is 14.4 Å². The summed E-state index contributed by atoms with van der Waals surface area (Å²) >= 11 is 24.4. The molecule has 66 heavy (non-hydrogen) atoms. The van der Waals surface area contributed by atoms with Gasteiger partial charge in [-0.05, 0) is 82.8 Å². The number of benzene rings is 5. The van der Waals surface area contributed by atoms with Gasteiger partial charge in [0.1, 0.15) is 23.9 Å². The molecule has 0 radical (unpaired) electrons. The van der Waals surface area contributed by atoms with Crippen LogP contribution in [0.15, 0.2) is 85.1 Å². The Morgan fingerprint density at radius 3 is 2.03 bits per heavy atom. The summed E-state index contributed by atoms with van der Waals surface area (Å²) in [5.41, 5.74) is 14.6. The molecule has 17 nitrogen and oxygen atoms in total. The molecule has 0 saturated carbocycles. The van der Waals surface area contributed by atoms with E-state index in [-0.39, 0.29) is 66.7 Å². The lowest BCUT2D eigenvalue weighted by Crippen LogP contribution is -2.48. The number of halogens is 4. The quantitative estimate of drug-likeness (QED) is 0.0703. The number of carboxylic acids is 2. The summed E-state index contributed by atoms with van der Waals surface area (Å²) in [6.07, 6.45) is 1.42. The van der Waals surface area contributed by atoms with Crippen molar-refractivity contribution in [1.82, 2.24) is 20.5 Å². The highest BCUT2D eigenvalue weighted by atomic mass is 35.5. The third-order valence-corrected chi connectivity index (χ3v) is 12.3. The van der Waals surface area contributed by atoms with Crippen LogP contribution < -0.4 is 26.8 Å². The summed E-state index contributed by atoms with van der Waals surface area (Å²) in [7, 11) is 1.27. The second-order valence-corrected chi connectivity index (χ2v) is 17.0. The van der Waals surface area contributed by atoms with E-state index >= 15 is 0 Å². The van der Waals surface area contributed by atoms with Gasteiger partial charge in [0.05, 0.1) is 31.6 Å². The lowest BCUT2D eigenvalue weighted by Gasteiger charge is -2.28. The van der Waals surface area contributed by atoms with Gasteiger partial charge >= 0.3 is 11.9 Å². The predicted octanol–water partition coefficient (Wildman–Crippen LogP) is 6.49. The third kappa shape index (κ3) is 9.48. The Hall–Kier alpha value is -6.73. The van der Waals surface area contributed by atoms with Crippen molar-refractivity contribution >= 4 is 87.0 Å². The molecule has 5 aromatic carbocycles. The number of hydrogen-bond donors (Lipinski definition) is 10. The number of nitrogens with zero attached hydrogens (tertiary/aromatic N) is 1. The number of para-hydroxylation sites is 1. The number of phenolic OH excluding ortho intramolecular Hbond substituents is 3. The molecule has 0 unspecified atom stereocenters. The summed E-state index contributed by atoms with van der Waals surface area (Å²) in [4.78, 5) is 70.8. The molecule has 0 aliphatic carbocycles. The van der Waals surface area contributed by atoms with E-state index in [1.807, 2.05) is 0 Å². The molecule has 7 rings (SSSR count). The maximum atomic E-state index is 14.1. The smallest absolute Gasteiger partial charge is 0.330 e. The fourth-order valence-corrected chi connectivity index (χ4v) is 8.55. The van der Waals surface area contributed by atoms with E-state index in [1.165, 1.54) is 67.7 Å². The zero-order chi connectivity index (χ0) is 47.9. The summed E-state index contributed by atoms with van der Waals surface area (Å²) < 4.78 is 6.17. The van der Waals surface area contributed by atoms with Crippen LogP contribution in [-0.2, 0) is 36.8 Å². The molecule has 6 aromatic rings. The Morgan fingerprint density at radius 2 is 1.42 bits per heavy atom. The number of carbonyl (C=O) groups excluding carboxylic acids is 3. The summed E-state index contributed by atoms with van der Waals surface area (Å²) in [5, 5.41) is 57.6. The number of amides is 3. The first-order valence-corrected chi connectivity index (χ1v) is 21.2. The van der Waals surface area contributed by atoms with Crippen molar-refractivity contribution in [3.63, 3.8) is 0 Å². The zero-order valence-corrected chi connectivity index (χ0v) is 37.2. The minimum Gasteiger partial charge on any atom is -0.505 e. The van der Waals surface area contributed by atoms with Crippen LogP contribution in [0, 0.1) is 0 Å². The van der Waals surface area contributed by atoms with Crippen LogP contribution in [0.2, 0.25) is 20.1 Å². The minimum absolute atomic E-state index is 0.00911. The Balaban J connectivity index is 1.24. The molecule has 342 valence electrons. The number of rotatable bonds is 10.